The number of alkyl halides is 5. The highest BCUT2D eigenvalue weighted by Crippen LogP contribution is 2.35. The maximum atomic E-state index is 12.7. The summed E-state index contributed by atoms with van der Waals surface area (Å²) in [4.78, 5) is 33.9. The molecule has 0 aromatic heterocycles. The number of halogens is 5. The summed E-state index contributed by atoms with van der Waals surface area (Å²) in [6.45, 7) is -4.09. The number of ether oxygens (including phenoxy) is 3. The van der Waals surface area contributed by atoms with Crippen LogP contribution in [0.5, 0.6) is 11.5 Å². The molecule has 14 heteroatoms. The normalized spacial score (nSPS) is 11.1. The third-order valence-corrected chi connectivity index (χ3v) is 3.75. The van der Waals surface area contributed by atoms with Crippen LogP contribution in [0.4, 0.5) is 33.3 Å². The molecule has 0 spiro atoms. The van der Waals surface area contributed by atoms with Gasteiger partial charge in [0.2, 0.25) is 0 Å². The minimum atomic E-state index is -4.83. The maximum Gasteiger partial charge on any atom is 0.416 e. The lowest BCUT2D eigenvalue weighted by molar-refractivity contribution is -0.384. The standard InChI is InChI=1S/C18H13F5N2O7/c1-30-14-6-9(2-5-13(14)32-17(19)20)16(27)31-8-15(26)24-11-4-3-10(18(21,22)23)7-12(11)25(28)29/h2-7,17H,8H2,1H3,(H,24,26). The van der Waals surface area contributed by atoms with Crippen LogP contribution in [0.25, 0.3) is 0 Å². The molecule has 2 rings (SSSR count). The van der Waals surface area contributed by atoms with Gasteiger partial charge in [0.25, 0.3) is 11.6 Å². The van der Waals surface area contributed by atoms with Crippen molar-refractivity contribution in [2.45, 2.75) is 12.8 Å². The zero-order chi connectivity index (χ0) is 24.1. The number of esters is 1. The number of methoxy groups -OCH3 is 1. The van der Waals surface area contributed by atoms with Crippen LogP contribution in [0.1, 0.15) is 15.9 Å². The van der Waals surface area contributed by atoms with Gasteiger partial charge in [-0.2, -0.15) is 22.0 Å². The molecule has 0 atom stereocenters. The van der Waals surface area contributed by atoms with Gasteiger partial charge in [-0.15, -0.1) is 0 Å². The molecule has 0 heterocycles. The Morgan fingerprint density at radius 2 is 1.81 bits per heavy atom. The van der Waals surface area contributed by atoms with Crippen molar-refractivity contribution in [3.8, 4) is 11.5 Å². The van der Waals surface area contributed by atoms with Gasteiger partial charge < -0.3 is 19.5 Å². The Morgan fingerprint density at radius 1 is 1.12 bits per heavy atom. The summed E-state index contributed by atoms with van der Waals surface area (Å²) in [6, 6.07) is 4.54. The molecule has 32 heavy (non-hydrogen) atoms. The molecule has 1 N–H and O–H groups in total. The summed E-state index contributed by atoms with van der Waals surface area (Å²) >= 11 is 0. The van der Waals surface area contributed by atoms with Crippen molar-refractivity contribution in [1.82, 2.24) is 0 Å². The number of carbonyl (C=O) groups excluding carboxylic acids is 2. The van der Waals surface area contributed by atoms with E-state index >= 15 is 0 Å². The molecule has 0 aliphatic carbocycles. The third kappa shape index (κ3) is 6.26. The maximum absolute atomic E-state index is 12.7. The highest BCUT2D eigenvalue weighted by molar-refractivity contribution is 5.97. The molecule has 9 nitrogen and oxygen atoms in total. The Hall–Kier alpha value is -3.97. The fraction of sp³-hybridized carbons (Fsp3) is 0.222. The quantitative estimate of drug-likeness (QED) is 0.271. The molecule has 172 valence electrons. The molecule has 0 bridgehead atoms. The predicted octanol–water partition coefficient (Wildman–Crippen LogP) is 4.02. The van der Waals surface area contributed by atoms with Crippen LogP contribution in [-0.2, 0) is 15.7 Å². The molecule has 0 aliphatic heterocycles. The number of anilines is 1. The van der Waals surface area contributed by atoms with Crippen LogP contribution < -0.4 is 14.8 Å². The van der Waals surface area contributed by atoms with Crippen LogP contribution in [0.15, 0.2) is 36.4 Å². The van der Waals surface area contributed by atoms with Crippen molar-refractivity contribution in [1.29, 1.82) is 0 Å². The van der Waals surface area contributed by atoms with E-state index in [-0.39, 0.29) is 23.1 Å². The fourth-order valence-corrected chi connectivity index (χ4v) is 2.35. The van der Waals surface area contributed by atoms with Gasteiger partial charge in [-0.25, -0.2) is 4.79 Å². The summed E-state index contributed by atoms with van der Waals surface area (Å²) in [5, 5.41) is 13.0. The first-order chi connectivity index (χ1) is 14.9. The molecule has 2 aromatic carbocycles. The Morgan fingerprint density at radius 3 is 2.38 bits per heavy atom. The molecule has 0 unspecified atom stereocenters. The van der Waals surface area contributed by atoms with E-state index in [1.165, 1.54) is 0 Å². The van der Waals surface area contributed by atoms with E-state index in [1.807, 2.05) is 5.32 Å². The van der Waals surface area contributed by atoms with Gasteiger partial charge in [0.1, 0.15) is 5.69 Å². The molecule has 0 saturated carbocycles. The number of rotatable bonds is 8. The largest absolute Gasteiger partial charge is 0.493 e. The number of nitro benzene ring substituents is 1. The van der Waals surface area contributed by atoms with Gasteiger partial charge >= 0.3 is 18.8 Å². The van der Waals surface area contributed by atoms with E-state index in [0.29, 0.717) is 12.1 Å². The van der Waals surface area contributed by atoms with Gasteiger partial charge in [-0.1, -0.05) is 0 Å². The average Bonchev–Trinajstić information content (AvgIpc) is 2.71. The fourth-order valence-electron chi connectivity index (χ4n) is 2.35. The van der Waals surface area contributed by atoms with Crippen LogP contribution in [0.3, 0.4) is 0 Å². The summed E-state index contributed by atoms with van der Waals surface area (Å²) in [5.74, 6) is -2.73. The second-order valence-corrected chi connectivity index (χ2v) is 5.86. The van der Waals surface area contributed by atoms with E-state index in [0.717, 1.165) is 25.3 Å². The van der Waals surface area contributed by atoms with Gasteiger partial charge in [0.05, 0.1) is 23.2 Å². The SMILES string of the molecule is COc1cc(C(=O)OCC(=O)Nc2ccc(C(F)(F)F)cc2[N+](=O)[O-])ccc1OC(F)F. The Kier molecular flexibility index (Phi) is 7.51. The van der Waals surface area contributed by atoms with E-state index < -0.39 is 53.1 Å². The number of carbonyl (C=O) groups is 2. The van der Waals surface area contributed by atoms with Crippen LogP contribution >= 0.6 is 0 Å². The molecule has 0 aliphatic rings. The first kappa shape index (κ1) is 24.3. The second kappa shape index (κ2) is 9.89. The smallest absolute Gasteiger partial charge is 0.416 e. The Balaban J connectivity index is 2.07. The average molecular weight is 464 g/mol. The van der Waals surface area contributed by atoms with E-state index in [2.05, 4.69) is 4.74 Å². The molecular weight excluding hydrogens is 451 g/mol. The minimum absolute atomic E-state index is 0.197. The second-order valence-electron chi connectivity index (χ2n) is 5.86. The van der Waals surface area contributed by atoms with Crippen molar-refractivity contribution >= 4 is 23.3 Å². The highest BCUT2D eigenvalue weighted by Gasteiger charge is 2.33. The third-order valence-electron chi connectivity index (χ3n) is 3.75. The van der Waals surface area contributed by atoms with Crippen LogP contribution in [-0.4, -0.2) is 37.1 Å². The van der Waals surface area contributed by atoms with Crippen LogP contribution in [0.2, 0.25) is 0 Å². The van der Waals surface area contributed by atoms with Gasteiger partial charge in [0.15, 0.2) is 18.1 Å². The van der Waals surface area contributed by atoms with Gasteiger partial charge in [-0.3, -0.25) is 14.9 Å². The lowest BCUT2D eigenvalue weighted by Gasteiger charge is -2.12. The van der Waals surface area contributed by atoms with Gasteiger partial charge in [-0.05, 0) is 30.3 Å². The van der Waals surface area contributed by atoms with Crippen molar-refractivity contribution in [2.24, 2.45) is 0 Å². The number of nitrogens with zero attached hydrogens (tertiary/aromatic N) is 1. The number of hydrogen-bond donors (Lipinski definition) is 1. The number of amides is 1. The molecule has 0 radical (unpaired) electrons. The summed E-state index contributed by atoms with van der Waals surface area (Å²) in [7, 11) is 1.13. The van der Waals surface area contributed by atoms with E-state index in [4.69, 9.17) is 9.47 Å². The molecule has 2 aromatic rings. The van der Waals surface area contributed by atoms with Gasteiger partial charge in [0, 0.05) is 6.07 Å². The topological polar surface area (TPSA) is 117 Å². The lowest BCUT2D eigenvalue weighted by atomic mass is 10.1. The number of nitro groups is 1. The van der Waals surface area contributed by atoms with Crippen molar-refractivity contribution in [3.05, 3.63) is 57.6 Å². The van der Waals surface area contributed by atoms with Crippen molar-refractivity contribution in [3.63, 3.8) is 0 Å². The molecular formula is C18H13F5N2O7. The number of nitrogens with one attached hydrogen (secondary N) is 1. The summed E-state index contributed by atoms with van der Waals surface area (Å²) < 4.78 is 76.5. The number of benzene rings is 2. The molecule has 1 amide bonds. The van der Waals surface area contributed by atoms with Crippen LogP contribution in [0, 0.1) is 10.1 Å². The monoisotopic (exact) mass is 464 g/mol. The summed E-state index contributed by atoms with van der Waals surface area (Å²) in [6.07, 6.45) is -4.83. The van der Waals surface area contributed by atoms with E-state index in [9.17, 15) is 41.7 Å². The zero-order valence-corrected chi connectivity index (χ0v) is 15.9. The highest BCUT2D eigenvalue weighted by atomic mass is 19.4. The van der Waals surface area contributed by atoms with Crippen molar-refractivity contribution in [2.75, 3.05) is 19.0 Å². The van der Waals surface area contributed by atoms with Crippen molar-refractivity contribution < 1.29 is 50.7 Å². The predicted molar refractivity (Wildman–Crippen MR) is 96.6 cm³/mol. The number of hydrogen-bond acceptors (Lipinski definition) is 7. The molecule has 0 fully saturated rings. The van der Waals surface area contributed by atoms with E-state index in [1.54, 1.807) is 0 Å². The first-order valence-electron chi connectivity index (χ1n) is 8.38. The summed E-state index contributed by atoms with van der Waals surface area (Å²) in [5.41, 5.74) is -3.04. The zero-order valence-electron chi connectivity index (χ0n) is 15.9. The lowest BCUT2D eigenvalue weighted by Crippen LogP contribution is -2.21. The first-order valence-corrected chi connectivity index (χ1v) is 8.38. The minimum Gasteiger partial charge on any atom is -0.493 e. The Bertz CT molecular complexity index is 1030. The Labute approximate surface area is 175 Å². The molecule has 0 saturated heterocycles.